The minimum atomic E-state index is -0.0371. The van der Waals surface area contributed by atoms with Gasteiger partial charge in [0.2, 0.25) is 5.91 Å². The maximum Gasteiger partial charge on any atom is 0.227 e. The number of rotatable bonds is 4. The van der Waals surface area contributed by atoms with Gasteiger partial charge in [-0.1, -0.05) is 12.1 Å². The van der Waals surface area contributed by atoms with E-state index < -0.39 is 0 Å². The second kappa shape index (κ2) is 6.19. The summed E-state index contributed by atoms with van der Waals surface area (Å²) < 4.78 is 0. The lowest BCUT2D eigenvalue weighted by molar-refractivity contribution is -0.131. The number of nitrogens with zero attached hydrogens (tertiary/aromatic N) is 2. The molecule has 1 heterocycles. The lowest BCUT2D eigenvalue weighted by Gasteiger charge is -2.25. The van der Waals surface area contributed by atoms with Crippen LogP contribution in [-0.4, -0.2) is 27.9 Å². The predicted molar refractivity (Wildman–Crippen MR) is 77.2 cm³/mol. The van der Waals surface area contributed by atoms with Crippen LogP contribution in [0.2, 0.25) is 0 Å². The number of benzene rings is 1. The highest BCUT2D eigenvalue weighted by Crippen LogP contribution is 2.21. The molecule has 0 aliphatic rings. The molecule has 1 aromatic heterocycles. The van der Waals surface area contributed by atoms with Gasteiger partial charge in [0.15, 0.2) is 0 Å². The van der Waals surface area contributed by atoms with Gasteiger partial charge in [-0.25, -0.2) is 0 Å². The Morgan fingerprint density at radius 3 is 2.40 bits per heavy atom. The van der Waals surface area contributed by atoms with E-state index in [4.69, 9.17) is 0 Å². The lowest BCUT2D eigenvalue weighted by atomic mass is 10.1. The van der Waals surface area contributed by atoms with Crippen LogP contribution in [0.3, 0.4) is 0 Å². The normalized spacial score (nSPS) is 11.9. The monoisotopic (exact) mass is 270 g/mol. The molecule has 1 N–H and O–H groups in total. The van der Waals surface area contributed by atoms with Crippen molar-refractivity contribution in [1.29, 1.82) is 0 Å². The maximum absolute atomic E-state index is 12.3. The second-order valence-corrected chi connectivity index (χ2v) is 4.80. The summed E-state index contributed by atoms with van der Waals surface area (Å²) in [4.78, 5) is 17.9. The molecule has 104 valence electrons. The third-order valence-electron chi connectivity index (χ3n) is 3.45. The van der Waals surface area contributed by atoms with Crippen molar-refractivity contribution < 1.29 is 9.90 Å². The summed E-state index contributed by atoms with van der Waals surface area (Å²) in [5.74, 6) is 0.281. The number of pyridine rings is 1. The van der Waals surface area contributed by atoms with Crippen molar-refractivity contribution in [1.82, 2.24) is 9.88 Å². The van der Waals surface area contributed by atoms with E-state index in [9.17, 15) is 9.90 Å². The summed E-state index contributed by atoms with van der Waals surface area (Å²) in [5, 5.41) is 9.29. The van der Waals surface area contributed by atoms with Crippen molar-refractivity contribution in [3.8, 4) is 5.75 Å². The molecule has 0 spiro atoms. The van der Waals surface area contributed by atoms with Crippen molar-refractivity contribution in [2.45, 2.75) is 19.4 Å². The van der Waals surface area contributed by atoms with Crippen LogP contribution in [0.15, 0.2) is 48.8 Å². The van der Waals surface area contributed by atoms with Crippen LogP contribution in [0, 0.1) is 0 Å². The summed E-state index contributed by atoms with van der Waals surface area (Å²) in [6.07, 6.45) is 3.74. The van der Waals surface area contributed by atoms with Crippen LogP contribution in [0.4, 0.5) is 0 Å². The molecule has 0 radical (unpaired) electrons. The molecule has 0 aliphatic carbocycles. The molecule has 2 rings (SSSR count). The number of carbonyl (C=O) groups excluding carboxylic acids is 1. The highest BCUT2D eigenvalue weighted by molar-refractivity contribution is 5.78. The van der Waals surface area contributed by atoms with Crippen molar-refractivity contribution in [2.75, 3.05) is 7.05 Å². The zero-order valence-electron chi connectivity index (χ0n) is 11.7. The SMILES string of the molecule is CC(c1ccc(O)cc1)N(C)C(=O)Cc1ccncc1. The number of aromatic hydroxyl groups is 1. The predicted octanol–water partition coefficient (Wildman–Crippen LogP) is 2.55. The van der Waals surface area contributed by atoms with Gasteiger partial charge in [0, 0.05) is 19.4 Å². The van der Waals surface area contributed by atoms with Gasteiger partial charge in [-0.15, -0.1) is 0 Å². The van der Waals surface area contributed by atoms with E-state index in [1.165, 1.54) is 0 Å². The first-order valence-corrected chi connectivity index (χ1v) is 6.51. The number of likely N-dealkylation sites (N-methyl/N-ethyl adjacent to an activating group) is 1. The Hall–Kier alpha value is -2.36. The average Bonchev–Trinajstić information content (AvgIpc) is 2.47. The molecular formula is C16H18N2O2. The van der Waals surface area contributed by atoms with E-state index in [1.807, 2.05) is 31.2 Å². The molecule has 2 aromatic rings. The molecule has 0 saturated carbocycles. The van der Waals surface area contributed by atoms with Crippen LogP contribution in [0.5, 0.6) is 5.75 Å². The van der Waals surface area contributed by atoms with Crippen LogP contribution in [0.1, 0.15) is 24.1 Å². The molecule has 4 heteroatoms. The van der Waals surface area contributed by atoms with Crippen LogP contribution in [0.25, 0.3) is 0 Å². The maximum atomic E-state index is 12.3. The third-order valence-corrected chi connectivity index (χ3v) is 3.45. The van der Waals surface area contributed by atoms with Gasteiger partial charge in [-0.3, -0.25) is 9.78 Å². The minimum Gasteiger partial charge on any atom is -0.508 e. The molecule has 0 fully saturated rings. The van der Waals surface area contributed by atoms with E-state index in [-0.39, 0.29) is 17.7 Å². The summed E-state index contributed by atoms with van der Waals surface area (Å²) in [5.41, 5.74) is 1.95. The second-order valence-electron chi connectivity index (χ2n) is 4.80. The molecule has 4 nitrogen and oxygen atoms in total. The van der Waals surface area contributed by atoms with Gasteiger partial charge in [0.1, 0.15) is 5.75 Å². The van der Waals surface area contributed by atoms with Crippen molar-refractivity contribution in [3.05, 3.63) is 59.9 Å². The number of carbonyl (C=O) groups is 1. The molecule has 0 aliphatic heterocycles. The summed E-state index contributed by atoms with van der Waals surface area (Å²) in [6, 6.07) is 10.6. The Morgan fingerprint density at radius 2 is 1.80 bits per heavy atom. The van der Waals surface area contributed by atoms with Gasteiger partial charge in [0.25, 0.3) is 0 Å². The number of phenols is 1. The van der Waals surface area contributed by atoms with Gasteiger partial charge in [0.05, 0.1) is 12.5 Å². The smallest absolute Gasteiger partial charge is 0.227 e. The Morgan fingerprint density at radius 1 is 1.20 bits per heavy atom. The highest BCUT2D eigenvalue weighted by Gasteiger charge is 2.17. The number of hydrogen-bond donors (Lipinski definition) is 1. The Kier molecular flexibility index (Phi) is 4.35. The fraction of sp³-hybridized carbons (Fsp3) is 0.250. The fourth-order valence-electron chi connectivity index (χ4n) is 1.99. The first kappa shape index (κ1) is 14.1. The molecule has 0 bridgehead atoms. The zero-order valence-corrected chi connectivity index (χ0v) is 11.7. The van der Waals surface area contributed by atoms with Crippen molar-refractivity contribution >= 4 is 5.91 Å². The Bertz CT molecular complexity index is 567. The van der Waals surface area contributed by atoms with Gasteiger partial charge >= 0.3 is 0 Å². The largest absolute Gasteiger partial charge is 0.508 e. The summed E-state index contributed by atoms with van der Waals surface area (Å²) in [6.45, 7) is 1.97. The lowest BCUT2D eigenvalue weighted by Crippen LogP contribution is -2.30. The minimum absolute atomic E-state index is 0.0371. The highest BCUT2D eigenvalue weighted by atomic mass is 16.3. The van der Waals surface area contributed by atoms with Crippen LogP contribution < -0.4 is 0 Å². The molecule has 1 atom stereocenters. The molecule has 1 aromatic carbocycles. The molecule has 20 heavy (non-hydrogen) atoms. The van der Waals surface area contributed by atoms with Gasteiger partial charge < -0.3 is 10.0 Å². The van der Waals surface area contributed by atoms with E-state index in [0.29, 0.717) is 6.42 Å². The quantitative estimate of drug-likeness (QED) is 0.929. The first-order valence-electron chi connectivity index (χ1n) is 6.51. The zero-order chi connectivity index (χ0) is 14.5. The number of hydrogen-bond acceptors (Lipinski definition) is 3. The third kappa shape index (κ3) is 3.35. The molecule has 1 amide bonds. The fourth-order valence-corrected chi connectivity index (χ4v) is 1.99. The standard InChI is InChI=1S/C16H18N2O2/c1-12(14-3-5-15(19)6-4-14)18(2)16(20)11-13-7-9-17-10-8-13/h3-10,12,19H,11H2,1-2H3. The van der Waals surface area contributed by atoms with E-state index in [2.05, 4.69) is 4.98 Å². The number of amides is 1. The summed E-state index contributed by atoms with van der Waals surface area (Å²) >= 11 is 0. The molecule has 1 unspecified atom stereocenters. The van der Waals surface area contributed by atoms with E-state index in [0.717, 1.165) is 11.1 Å². The average molecular weight is 270 g/mol. The topological polar surface area (TPSA) is 53.4 Å². The Labute approximate surface area is 118 Å². The number of aromatic nitrogens is 1. The van der Waals surface area contributed by atoms with Crippen molar-refractivity contribution in [3.63, 3.8) is 0 Å². The van der Waals surface area contributed by atoms with E-state index in [1.54, 1.807) is 36.5 Å². The van der Waals surface area contributed by atoms with E-state index >= 15 is 0 Å². The molecular weight excluding hydrogens is 252 g/mol. The van der Waals surface area contributed by atoms with Crippen LogP contribution in [-0.2, 0) is 11.2 Å². The van der Waals surface area contributed by atoms with Gasteiger partial charge in [-0.05, 0) is 42.3 Å². The van der Waals surface area contributed by atoms with Crippen molar-refractivity contribution in [2.24, 2.45) is 0 Å². The summed E-state index contributed by atoms with van der Waals surface area (Å²) in [7, 11) is 1.79. The first-order chi connectivity index (χ1) is 9.58. The Balaban J connectivity index is 2.04. The van der Waals surface area contributed by atoms with Crippen LogP contribution >= 0.6 is 0 Å². The number of phenolic OH excluding ortho intramolecular Hbond substituents is 1. The van der Waals surface area contributed by atoms with Gasteiger partial charge in [-0.2, -0.15) is 0 Å². The molecule has 0 saturated heterocycles.